The number of carbonyl (C=O) groups excluding carboxylic acids is 1. The largest absolute Gasteiger partial charge is 0.490 e. The Hall–Kier alpha value is -2.18. The summed E-state index contributed by atoms with van der Waals surface area (Å²) in [5, 5.41) is 41.0. The van der Waals surface area contributed by atoms with Crippen LogP contribution in [0.5, 0.6) is 0 Å². The molecule has 1 fully saturated rings. The molecule has 9 nitrogen and oxygen atoms in total. The normalized spacial score (nSPS) is 24.2. The highest BCUT2D eigenvalue weighted by atomic mass is 19.4. The van der Waals surface area contributed by atoms with Gasteiger partial charge in [-0.1, -0.05) is 12.2 Å². The second-order valence-corrected chi connectivity index (χ2v) is 6.12. The van der Waals surface area contributed by atoms with Gasteiger partial charge in [-0.15, -0.1) is 0 Å². The number of carbonyl (C=O) groups is 3. The molecule has 1 aliphatic rings. The fourth-order valence-corrected chi connectivity index (χ4v) is 2.80. The van der Waals surface area contributed by atoms with Crippen molar-refractivity contribution in [3.05, 3.63) is 12.2 Å². The van der Waals surface area contributed by atoms with Gasteiger partial charge < -0.3 is 25.7 Å². The Morgan fingerprint density at radius 2 is 1.82 bits per heavy atom. The van der Waals surface area contributed by atoms with Crippen molar-refractivity contribution in [3.8, 4) is 0 Å². The van der Waals surface area contributed by atoms with Gasteiger partial charge in [0.2, 0.25) is 5.91 Å². The van der Waals surface area contributed by atoms with E-state index in [1.54, 1.807) is 0 Å². The van der Waals surface area contributed by atoms with Gasteiger partial charge in [-0.05, 0) is 25.7 Å². The van der Waals surface area contributed by atoms with Gasteiger partial charge in [-0.25, -0.2) is 4.79 Å². The van der Waals surface area contributed by atoms with Gasteiger partial charge in [0.25, 0.3) is 0 Å². The minimum atomic E-state index is -5.08. The number of halogens is 3. The molecule has 1 amide bonds. The van der Waals surface area contributed by atoms with Crippen molar-refractivity contribution in [2.75, 3.05) is 6.61 Å². The smallest absolute Gasteiger partial charge is 0.480 e. The molecule has 1 aliphatic heterocycles. The second-order valence-electron chi connectivity index (χ2n) is 6.12. The number of nitrogens with one attached hydrogen (secondary N) is 2. The lowest BCUT2D eigenvalue weighted by Gasteiger charge is -2.31. The lowest BCUT2D eigenvalue weighted by molar-refractivity contribution is -0.192. The summed E-state index contributed by atoms with van der Waals surface area (Å²) in [4.78, 5) is 31.4. The van der Waals surface area contributed by atoms with Gasteiger partial charge >= 0.3 is 18.1 Å². The molecule has 6 N–H and O–H groups in total. The maximum atomic E-state index is 11.4. The third kappa shape index (κ3) is 8.67. The van der Waals surface area contributed by atoms with Crippen LogP contribution in [0.1, 0.15) is 26.7 Å². The van der Waals surface area contributed by atoms with Crippen molar-refractivity contribution >= 4 is 17.8 Å². The van der Waals surface area contributed by atoms with E-state index in [2.05, 4.69) is 10.6 Å². The summed E-state index contributed by atoms with van der Waals surface area (Å²) in [6.45, 7) is 2.97. The molecule has 0 aromatic heterocycles. The van der Waals surface area contributed by atoms with Crippen LogP contribution in [0, 0.1) is 5.92 Å². The van der Waals surface area contributed by atoms with Gasteiger partial charge in [-0.3, -0.25) is 14.9 Å². The molecule has 0 unspecified atom stereocenters. The van der Waals surface area contributed by atoms with Crippen molar-refractivity contribution in [2.45, 2.75) is 57.1 Å². The van der Waals surface area contributed by atoms with Crippen LogP contribution in [-0.4, -0.2) is 75.3 Å². The first kappa shape index (κ1) is 25.8. The Balaban J connectivity index is 0.000000887. The molecule has 0 radical (unpaired) electrons. The van der Waals surface area contributed by atoms with Gasteiger partial charge in [-0.2, -0.15) is 13.2 Å². The van der Waals surface area contributed by atoms with Gasteiger partial charge in [0.1, 0.15) is 6.04 Å². The minimum absolute atomic E-state index is 0.110. The number of hydrogen-bond acceptors (Lipinski definition) is 6. The number of carboxylic acid groups (broad SMARTS) is 2. The standard InChI is InChI=1S/C14H24N2O5.C2HF3O2/c1-3-4-9-7-10(14(20)21)16-12(9)13(15-8(2)18)11(19)5-6-17;3-2(4,5)1(6)7/h3-4,9-13,16-17,19H,5-7H2,1-2H3,(H,15,18)(H,20,21);(H,6,7)/b4-3-;/t9-,10-,11-,12-,13+;/m1./s1. The number of hydrogen-bond donors (Lipinski definition) is 6. The number of alkyl halides is 3. The molecule has 28 heavy (non-hydrogen) atoms. The van der Waals surface area contributed by atoms with Crippen LogP contribution in [0.25, 0.3) is 0 Å². The first-order chi connectivity index (χ1) is 12.8. The summed E-state index contributed by atoms with van der Waals surface area (Å²) in [5.74, 6) is -4.13. The lowest BCUT2D eigenvalue weighted by Crippen LogP contribution is -2.56. The number of rotatable bonds is 7. The monoisotopic (exact) mass is 414 g/mol. The molecule has 12 heteroatoms. The molecule has 1 rings (SSSR count). The molecule has 5 atom stereocenters. The van der Waals surface area contributed by atoms with E-state index in [0.717, 1.165) is 0 Å². The number of carboxylic acids is 2. The Kier molecular flexibility index (Phi) is 10.7. The van der Waals surface area contributed by atoms with Crippen molar-refractivity contribution in [2.24, 2.45) is 5.92 Å². The van der Waals surface area contributed by atoms with E-state index < -0.39 is 42.3 Å². The van der Waals surface area contributed by atoms with E-state index in [1.807, 2.05) is 19.1 Å². The number of aliphatic hydroxyl groups excluding tert-OH is 2. The highest BCUT2D eigenvalue weighted by Crippen LogP contribution is 2.26. The summed E-state index contributed by atoms with van der Waals surface area (Å²) >= 11 is 0. The van der Waals surface area contributed by atoms with Crippen LogP contribution in [0.3, 0.4) is 0 Å². The zero-order valence-electron chi connectivity index (χ0n) is 15.3. The topological polar surface area (TPSA) is 156 Å². The highest BCUT2D eigenvalue weighted by Gasteiger charge is 2.42. The molecular formula is C16H25F3N2O7. The fraction of sp³-hybridized carbons (Fsp3) is 0.688. The van der Waals surface area contributed by atoms with Gasteiger partial charge in [0.05, 0.1) is 12.1 Å². The Morgan fingerprint density at radius 3 is 2.18 bits per heavy atom. The molecule has 0 aliphatic carbocycles. The van der Waals surface area contributed by atoms with Crippen LogP contribution in [0.2, 0.25) is 0 Å². The van der Waals surface area contributed by atoms with Crippen molar-refractivity contribution < 1.29 is 48.0 Å². The number of aliphatic hydroxyl groups is 2. The molecule has 0 bridgehead atoms. The van der Waals surface area contributed by atoms with Crippen LogP contribution in [-0.2, 0) is 14.4 Å². The maximum absolute atomic E-state index is 11.4. The van der Waals surface area contributed by atoms with E-state index >= 15 is 0 Å². The Bertz CT molecular complexity index is 569. The van der Waals surface area contributed by atoms with Gasteiger partial charge in [0, 0.05) is 19.6 Å². The quantitative estimate of drug-likeness (QED) is 0.315. The zero-order chi connectivity index (χ0) is 22.1. The first-order valence-electron chi connectivity index (χ1n) is 8.32. The molecule has 0 saturated carbocycles. The fourth-order valence-electron chi connectivity index (χ4n) is 2.80. The summed E-state index contributed by atoms with van der Waals surface area (Å²) in [7, 11) is 0. The SMILES string of the molecule is C/C=C\[C@@H]1C[C@H](C(=O)O)N[C@H]1[C@@H](NC(C)=O)[C@H](O)CCO.O=C(O)C(F)(F)F. The number of amides is 1. The summed E-state index contributed by atoms with van der Waals surface area (Å²) in [6.07, 6.45) is -1.82. The second kappa shape index (κ2) is 11.6. The Morgan fingerprint density at radius 1 is 1.29 bits per heavy atom. The summed E-state index contributed by atoms with van der Waals surface area (Å²) < 4.78 is 31.7. The van der Waals surface area contributed by atoms with E-state index in [1.165, 1.54) is 6.92 Å². The van der Waals surface area contributed by atoms with E-state index in [9.17, 15) is 27.9 Å². The van der Waals surface area contributed by atoms with Crippen molar-refractivity contribution in [1.29, 1.82) is 0 Å². The van der Waals surface area contributed by atoms with Gasteiger partial charge in [0.15, 0.2) is 0 Å². The minimum Gasteiger partial charge on any atom is -0.480 e. The molecule has 1 saturated heterocycles. The Labute approximate surface area is 159 Å². The van der Waals surface area contributed by atoms with Crippen LogP contribution in [0.15, 0.2) is 12.2 Å². The number of aliphatic carboxylic acids is 2. The molecule has 0 aromatic carbocycles. The average Bonchev–Trinajstić information content (AvgIpc) is 2.96. The van der Waals surface area contributed by atoms with E-state index in [-0.39, 0.29) is 24.9 Å². The third-order valence-corrected chi connectivity index (χ3v) is 3.94. The van der Waals surface area contributed by atoms with Crippen molar-refractivity contribution in [1.82, 2.24) is 10.6 Å². The molecular weight excluding hydrogens is 389 g/mol. The lowest BCUT2D eigenvalue weighted by atomic mass is 9.89. The molecule has 0 aromatic rings. The van der Waals surface area contributed by atoms with E-state index in [0.29, 0.717) is 6.42 Å². The number of allylic oxidation sites excluding steroid dienone is 1. The van der Waals surface area contributed by atoms with Crippen LogP contribution >= 0.6 is 0 Å². The molecule has 0 spiro atoms. The predicted octanol–water partition coefficient (Wildman–Crippen LogP) is -0.125. The molecule has 162 valence electrons. The van der Waals surface area contributed by atoms with Crippen LogP contribution in [0.4, 0.5) is 13.2 Å². The highest BCUT2D eigenvalue weighted by molar-refractivity contribution is 5.75. The summed E-state index contributed by atoms with van der Waals surface area (Å²) in [5.41, 5.74) is 0. The maximum Gasteiger partial charge on any atom is 0.490 e. The predicted molar refractivity (Wildman–Crippen MR) is 90.3 cm³/mol. The summed E-state index contributed by atoms with van der Waals surface area (Å²) in [6, 6.07) is -1.76. The van der Waals surface area contributed by atoms with Crippen LogP contribution < -0.4 is 10.6 Å². The third-order valence-electron chi connectivity index (χ3n) is 3.94. The van der Waals surface area contributed by atoms with Crippen molar-refractivity contribution in [3.63, 3.8) is 0 Å². The zero-order valence-corrected chi connectivity index (χ0v) is 15.3. The van der Waals surface area contributed by atoms with E-state index in [4.69, 9.17) is 20.1 Å². The molecule has 1 heterocycles. The first-order valence-corrected chi connectivity index (χ1v) is 8.32. The average molecular weight is 414 g/mol.